The number of ether oxygens (including phenoxy) is 1. The number of nitrogens with zero attached hydrogens (tertiary/aromatic N) is 1. The van der Waals surface area contributed by atoms with E-state index in [0.717, 1.165) is 0 Å². The summed E-state index contributed by atoms with van der Waals surface area (Å²) in [6.07, 6.45) is 2.77. The van der Waals surface area contributed by atoms with Crippen molar-refractivity contribution in [3.63, 3.8) is 0 Å². The van der Waals surface area contributed by atoms with Gasteiger partial charge in [-0.15, -0.1) is 0 Å². The summed E-state index contributed by atoms with van der Waals surface area (Å²) in [6, 6.07) is 1.56. The van der Waals surface area contributed by atoms with Gasteiger partial charge in [-0.2, -0.15) is 0 Å². The van der Waals surface area contributed by atoms with Gasteiger partial charge in [0.05, 0.1) is 18.9 Å². The zero-order chi connectivity index (χ0) is 11.3. The second-order valence-corrected chi connectivity index (χ2v) is 2.91. The van der Waals surface area contributed by atoms with Crippen LogP contribution in [0.25, 0.3) is 0 Å². The van der Waals surface area contributed by atoms with Crippen molar-refractivity contribution < 1.29 is 18.7 Å². The second-order valence-electron chi connectivity index (χ2n) is 2.91. The zero-order valence-electron chi connectivity index (χ0n) is 8.73. The Bertz CT molecular complexity index is 331. The summed E-state index contributed by atoms with van der Waals surface area (Å²) in [7, 11) is 1.29. The van der Waals surface area contributed by atoms with Crippen LogP contribution in [0.2, 0.25) is 0 Å². The molecule has 0 aliphatic carbocycles. The van der Waals surface area contributed by atoms with Crippen LogP contribution in [0, 0.1) is 0 Å². The Balaban J connectivity index is 2.67. The monoisotopic (exact) mass is 211 g/mol. The minimum atomic E-state index is -0.436. The molecule has 0 atom stereocenters. The highest BCUT2D eigenvalue weighted by Gasteiger charge is 2.18. The van der Waals surface area contributed by atoms with Gasteiger partial charge in [-0.25, -0.2) is 0 Å². The third-order valence-corrected chi connectivity index (χ3v) is 1.98. The minimum absolute atomic E-state index is 0.0446. The molecule has 15 heavy (non-hydrogen) atoms. The molecule has 0 aliphatic heterocycles. The highest BCUT2D eigenvalue weighted by molar-refractivity contribution is 5.95. The van der Waals surface area contributed by atoms with E-state index in [0.29, 0.717) is 12.1 Å². The van der Waals surface area contributed by atoms with E-state index in [9.17, 15) is 9.59 Å². The van der Waals surface area contributed by atoms with E-state index in [4.69, 9.17) is 4.42 Å². The van der Waals surface area contributed by atoms with Crippen LogP contribution in [0.15, 0.2) is 23.0 Å². The lowest BCUT2D eigenvalue weighted by Crippen LogP contribution is -2.35. The maximum Gasteiger partial charge on any atom is 0.325 e. The van der Waals surface area contributed by atoms with E-state index in [2.05, 4.69) is 4.74 Å². The molecule has 0 aromatic carbocycles. The average molecular weight is 211 g/mol. The number of hydrogen-bond acceptors (Lipinski definition) is 4. The third kappa shape index (κ3) is 2.83. The number of carbonyl (C=O) groups excluding carboxylic acids is 2. The van der Waals surface area contributed by atoms with Gasteiger partial charge < -0.3 is 14.1 Å². The lowest BCUT2D eigenvalue weighted by Gasteiger charge is -2.18. The maximum atomic E-state index is 11.7. The molecule has 1 aromatic heterocycles. The number of carbonyl (C=O) groups is 2. The summed E-state index contributed by atoms with van der Waals surface area (Å²) < 4.78 is 9.29. The average Bonchev–Trinajstić information content (AvgIpc) is 2.77. The van der Waals surface area contributed by atoms with Gasteiger partial charge in [0.2, 0.25) is 0 Å². The van der Waals surface area contributed by atoms with Crippen molar-refractivity contribution in [3.05, 3.63) is 24.2 Å². The SMILES string of the molecule is CCN(CC(=O)OC)C(=O)c1ccoc1. The first-order chi connectivity index (χ1) is 7.19. The van der Waals surface area contributed by atoms with Gasteiger partial charge >= 0.3 is 5.97 Å². The standard InChI is InChI=1S/C10H13NO4/c1-3-11(6-9(12)14-2)10(13)8-4-5-15-7-8/h4-5,7H,3,6H2,1-2H3. The van der Waals surface area contributed by atoms with Crippen molar-refractivity contribution in [2.24, 2.45) is 0 Å². The summed E-state index contributed by atoms with van der Waals surface area (Å²) in [5, 5.41) is 0. The number of hydrogen-bond donors (Lipinski definition) is 0. The highest BCUT2D eigenvalue weighted by atomic mass is 16.5. The summed E-state index contributed by atoms with van der Waals surface area (Å²) >= 11 is 0. The molecule has 0 aliphatic rings. The molecular formula is C10H13NO4. The van der Waals surface area contributed by atoms with Crippen LogP contribution in [-0.4, -0.2) is 37.0 Å². The van der Waals surface area contributed by atoms with Crippen LogP contribution in [0.4, 0.5) is 0 Å². The van der Waals surface area contributed by atoms with Crippen molar-refractivity contribution in [3.8, 4) is 0 Å². The normalized spacial score (nSPS) is 9.73. The maximum absolute atomic E-state index is 11.7. The molecule has 0 unspecified atom stereocenters. The quantitative estimate of drug-likeness (QED) is 0.695. The van der Waals surface area contributed by atoms with E-state index in [-0.39, 0.29) is 12.5 Å². The molecule has 0 N–H and O–H groups in total. The Morgan fingerprint density at radius 1 is 1.53 bits per heavy atom. The Morgan fingerprint density at radius 2 is 2.27 bits per heavy atom. The van der Waals surface area contributed by atoms with Gasteiger partial charge in [0.1, 0.15) is 12.8 Å². The molecule has 0 saturated heterocycles. The molecule has 0 saturated carbocycles. The fraction of sp³-hybridized carbons (Fsp3) is 0.400. The van der Waals surface area contributed by atoms with Gasteiger partial charge in [-0.05, 0) is 13.0 Å². The number of likely N-dealkylation sites (N-methyl/N-ethyl adjacent to an activating group) is 1. The van der Waals surface area contributed by atoms with E-state index in [1.54, 1.807) is 13.0 Å². The molecule has 1 amide bonds. The minimum Gasteiger partial charge on any atom is -0.472 e. The van der Waals surface area contributed by atoms with Gasteiger partial charge in [0, 0.05) is 6.54 Å². The van der Waals surface area contributed by atoms with Crippen LogP contribution in [0.5, 0.6) is 0 Å². The molecule has 5 nitrogen and oxygen atoms in total. The zero-order valence-corrected chi connectivity index (χ0v) is 8.73. The van der Waals surface area contributed by atoms with E-state index < -0.39 is 5.97 Å². The first kappa shape index (κ1) is 11.3. The predicted molar refractivity (Wildman–Crippen MR) is 52.3 cm³/mol. The molecule has 82 valence electrons. The molecule has 0 bridgehead atoms. The van der Waals surface area contributed by atoms with Gasteiger partial charge in [-0.1, -0.05) is 0 Å². The van der Waals surface area contributed by atoms with Gasteiger partial charge in [0.25, 0.3) is 5.91 Å². The van der Waals surface area contributed by atoms with Crippen molar-refractivity contribution in [2.45, 2.75) is 6.92 Å². The molecule has 1 aromatic rings. The van der Waals surface area contributed by atoms with E-state index in [1.165, 1.54) is 24.5 Å². The summed E-state index contributed by atoms with van der Waals surface area (Å²) in [6.45, 7) is 2.19. The lowest BCUT2D eigenvalue weighted by molar-refractivity contribution is -0.141. The number of esters is 1. The number of amides is 1. The molecule has 0 fully saturated rings. The predicted octanol–water partition coefficient (Wildman–Crippen LogP) is 0.915. The Morgan fingerprint density at radius 3 is 2.73 bits per heavy atom. The second kappa shape index (κ2) is 5.19. The Kier molecular flexibility index (Phi) is 3.91. The Labute approximate surface area is 87.6 Å². The topological polar surface area (TPSA) is 59.8 Å². The smallest absolute Gasteiger partial charge is 0.325 e. The van der Waals surface area contributed by atoms with E-state index in [1.807, 2.05) is 0 Å². The van der Waals surface area contributed by atoms with Crippen LogP contribution in [0.3, 0.4) is 0 Å². The number of methoxy groups -OCH3 is 1. The third-order valence-electron chi connectivity index (χ3n) is 1.98. The van der Waals surface area contributed by atoms with Crippen molar-refractivity contribution >= 4 is 11.9 Å². The first-order valence-electron chi connectivity index (χ1n) is 4.57. The molecule has 0 radical (unpaired) electrons. The van der Waals surface area contributed by atoms with Crippen LogP contribution in [0.1, 0.15) is 17.3 Å². The molecule has 1 rings (SSSR count). The molecular weight excluding hydrogens is 198 g/mol. The molecule has 5 heteroatoms. The molecule has 0 spiro atoms. The summed E-state index contributed by atoms with van der Waals surface area (Å²) in [4.78, 5) is 24.1. The summed E-state index contributed by atoms with van der Waals surface area (Å²) in [5.74, 6) is -0.676. The first-order valence-corrected chi connectivity index (χ1v) is 4.57. The number of rotatable bonds is 4. The number of furan rings is 1. The van der Waals surface area contributed by atoms with Gasteiger partial charge in [0.15, 0.2) is 0 Å². The fourth-order valence-electron chi connectivity index (χ4n) is 1.12. The van der Waals surface area contributed by atoms with Crippen molar-refractivity contribution in [1.82, 2.24) is 4.90 Å². The highest BCUT2D eigenvalue weighted by Crippen LogP contribution is 2.05. The van der Waals surface area contributed by atoms with Crippen LogP contribution < -0.4 is 0 Å². The Hall–Kier alpha value is -1.78. The van der Waals surface area contributed by atoms with Crippen LogP contribution in [-0.2, 0) is 9.53 Å². The van der Waals surface area contributed by atoms with E-state index >= 15 is 0 Å². The largest absolute Gasteiger partial charge is 0.472 e. The van der Waals surface area contributed by atoms with Crippen molar-refractivity contribution in [1.29, 1.82) is 0 Å². The van der Waals surface area contributed by atoms with Crippen molar-refractivity contribution in [2.75, 3.05) is 20.2 Å². The fourth-order valence-corrected chi connectivity index (χ4v) is 1.12. The summed E-state index contributed by atoms with van der Waals surface area (Å²) in [5.41, 5.74) is 0.431. The molecule has 1 heterocycles. The van der Waals surface area contributed by atoms with Crippen LogP contribution >= 0.6 is 0 Å². The van der Waals surface area contributed by atoms with Gasteiger partial charge in [-0.3, -0.25) is 9.59 Å². The lowest BCUT2D eigenvalue weighted by atomic mass is 10.3.